The van der Waals surface area contributed by atoms with Gasteiger partial charge in [-0.1, -0.05) is 17.1 Å². The first-order chi connectivity index (χ1) is 10.1. The smallest absolute Gasteiger partial charge is 0.281 e. The zero-order valence-corrected chi connectivity index (χ0v) is 11.7. The molecule has 0 radical (unpaired) electrons. The average Bonchev–Trinajstić information content (AvgIpc) is 2.54. The molecule has 0 fully saturated rings. The molecule has 7 heteroatoms. The van der Waals surface area contributed by atoms with E-state index < -0.39 is 0 Å². The Hall–Kier alpha value is -2.96. The molecule has 0 aromatic carbocycles. The highest BCUT2D eigenvalue weighted by molar-refractivity contribution is 5.72. The van der Waals surface area contributed by atoms with Crippen LogP contribution in [0.4, 0.5) is 11.6 Å². The molecule has 0 atom stereocenters. The number of hydrogen-bond donors (Lipinski definition) is 0. The number of aromatic nitrogens is 2. The van der Waals surface area contributed by atoms with Crippen molar-refractivity contribution in [1.29, 1.82) is 0 Å². The number of rotatable bonds is 5. The van der Waals surface area contributed by atoms with E-state index in [0.29, 0.717) is 35.6 Å². The maximum atomic E-state index is 10.7. The third kappa shape index (κ3) is 3.53. The second-order valence-electron chi connectivity index (χ2n) is 4.21. The van der Waals surface area contributed by atoms with Gasteiger partial charge in [-0.25, -0.2) is 4.98 Å². The van der Waals surface area contributed by atoms with Crippen LogP contribution in [0.15, 0.2) is 41.6 Å². The molecule has 0 aliphatic rings. The summed E-state index contributed by atoms with van der Waals surface area (Å²) in [5.41, 5.74) is 0.663. The standard InChI is InChI=1S/C14H14N5O2/c1-18(13-7-3-5-11(9-20)15-13)17-19(2)14-8-4-6-12(10-21)16-14/h3-10H,1-2H3/q+1. The summed E-state index contributed by atoms with van der Waals surface area (Å²) in [7, 11) is 3.41. The van der Waals surface area contributed by atoms with Gasteiger partial charge in [-0.3, -0.25) is 9.59 Å². The van der Waals surface area contributed by atoms with Crippen molar-refractivity contribution in [3.63, 3.8) is 0 Å². The lowest BCUT2D eigenvalue weighted by molar-refractivity contribution is -0.487. The summed E-state index contributed by atoms with van der Waals surface area (Å²) in [5.74, 6) is 1.05. The van der Waals surface area contributed by atoms with Gasteiger partial charge in [0.2, 0.25) is 5.82 Å². The molecule has 2 rings (SSSR count). The lowest BCUT2D eigenvalue weighted by atomic mass is 10.3. The fourth-order valence-electron chi connectivity index (χ4n) is 1.66. The minimum Gasteiger partial charge on any atom is -0.296 e. The van der Waals surface area contributed by atoms with E-state index >= 15 is 0 Å². The van der Waals surface area contributed by atoms with Gasteiger partial charge in [0, 0.05) is 11.3 Å². The van der Waals surface area contributed by atoms with Crippen molar-refractivity contribution in [1.82, 2.24) is 9.97 Å². The van der Waals surface area contributed by atoms with Crippen LogP contribution in [0.5, 0.6) is 0 Å². The SMILES string of the molecule is CN(/N=[N+](\C)c1cccc(C=O)n1)c1cccc(C=O)n1. The minimum absolute atomic E-state index is 0.332. The van der Waals surface area contributed by atoms with Gasteiger partial charge in [-0.2, -0.15) is 5.01 Å². The molecule has 0 bridgehead atoms. The van der Waals surface area contributed by atoms with Gasteiger partial charge < -0.3 is 0 Å². The molecule has 0 spiro atoms. The molecule has 7 nitrogen and oxygen atoms in total. The first-order valence-corrected chi connectivity index (χ1v) is 6.17. The zero-order valence-electron chi connectivity index (χ0n) is 11.7. The van der Waals surface area contributed by atoms with Crippen molar-refractivity contribution < 1.29 is 14.3 Å². The number of carbonyl (C=O) groups excluding carboxylic acids is 2. The lowest BCUT2D eigenvalue weighted by Gasteiger charge is -2.07. The molecule has 0 N–H and O–H groups in total. The quantitative estimate of drug-likeness (QED) is 0.362. The van der Waals surface area contributed by atoms with Crippen LogP contribution in [0.25, 0.3) is 0 Å². The van der Waals surface area contributed by atoms with Gasteiger partial charge >= 0.3 is 0 Å². The number of pyridine rings is 2. The van der Waals surface area contributed by atoms with Gasteiger partial charge in [-0.15, -0.1) is 4.70 Å². The largest absolute Gasteiger partial charge is 0.296 e. The first-order valence-electron chi connectivity index (χ1n) is 6.17. The van der Waals surface area contributed by atoms with Crippen LogP contribution in [0.3, 0.4) is 0 Å². The molecule has 2 aromatic rings. The minimum atomic E-state index is 0.332. The Bertz CT molecular complexity index is 699. The fraction of sp³-hybridized carbons (Fsp3) is 0.143. The fourth-order valence-corrected chi connectivity index (χ4v) is 1.66. The molecule has 2 heterocycles. The van der Waals surface area contributed by atoms with Crippen LogP contribution in [0.2, 0.25) is 0 Å². The van der Waals surface area contributed by atoms with E-state index in [1.165, 1.54) is 9.71 Å². The Morgan fingerprint density at radius 3 is 2.33 bits per heavy atom. The number of hydrogen-bond acceptors (Lipinski definition) is 5. The van der Waals surface area contributed by atoms with E-state index in [1.807, 2.05) is 0 Å². The highest BCUT2D eigenvalue weighted by Crippen LogP contribution is 2.12. The third-order valence-corrected chi connectivity index (χ3v) is 2.68. The molecule has 0 aliphatic heterocycles. The van der Waals surface area contributed by atoms with Crippen molar-refractivity contribution >= 4 is 24.2 Å². The predicted octanol–water partition coefficient (Wildman–Crippen LogP) is 1.88. The molecule has 2 aromatic heterocycles. The van der Waals surface area contributed by atoms with Gasteiger partial charge in [0.05, 0.1) is 14.1 Å². The molecule has 0 saturated carbocycles. The van der Waals surface area contributed by atoms with Crippen LogP contribution in [-0.4, -0.2) is 41.3 Å². The number of nitrogens with zero attached hydrogens (tertiary/aromatic N) is 5. The summed E-state index contributed by atoms with van der Waals surface area (Å²) in [4.78, 5) is 29.7. The highest BCUT2D eigenvalue weighted by Gasteiger charge is 2.11. The summed E-state index contributed by atoms with van der Waals surface area (Å²) >= 11 is 0. The van der Waals surface area contributed by atoms with Gasteiger partial charge in [0.25, 0.3) is 5.82 Å². The molecule has 0 unspecified atom stereocenters. The number of aldehydes is 2. The highest BCUT2D eigenvalue weighted by atomic mass is 16.1. The predicted molar refractivity (Wildman–Crippen MR) is 75.9 cm³/mol. The van der Waals surface area contributed by atoms with Crippen molar-refractivity contribution in [2.75, 3.05) is 19.1 Å². The van der Waals surface area contributed by atoms with E-state index in [0.717, 1.165) is 0 Å². The van der Waals surface area contributed by atoms with Gasteiger partial charge in [0.1, 0.15) is 5.69 Å². The molecule has 0 amide bonds. The Morgan fingerprint density at radius 2 is 1.67 bits per heavy atom. The Labute approximate surface area is 121 Å². The van der Waals surface area contributed by atoms with Crippen molar-refractivity contribution in [2.24, 2.45) is 5.22 Å². The van der Waals surface area contributed by atoms with Crippen molar-refractivity contribution in [3.05, 3.63) is 47.8 Å². The van der Waals surface area contributed by atoms with Crippen LogP contribution in [0, 0.1) is 0 Å². The molecule has 0 saturated heterocycles. The maximum Gasteiger partial charge on any atom is 0.281 e. The Morgan fingerprint density at radius 1 is 1.05 bits per heavy atom. The molecule has 21 heavy (non-hydrogen) atoms. The normalized spacial score (nSPS) is 11.0. The maximum absolute atomic E-state index is 10.7. The van der Waals surface area contributed by atoms with Gasteiger partial charge in [-0.05, 0) is 18.2 Å². The monoisotopic (exact) mass is 284 g/mol. The summed E-state index contributed by atoms with van der Waals surface area (Å²) in [5, 5.41) is 5.79. The second kappa shape index (κ2) is 6.47. The zero-order chi connectivity index (χ0) is 15.2. The van der Waals surface area contributed by atoms with Crippen LogP contribution in [0.1, 0.15) is 21.0 Å². The van der Waals surface area contributed by atoms with E-state index in [9.17, 15) is 9.59 Å². The molecular weight excluding hydrogens is 270 g/mol. The van der Waals surface area contributed by atoms with Crippen LogP contribution in [-0.2, 0) is 0 Å². The van der Waals surface area contributed by atoms with Gasteiger partial charge in [0.15, 0.2) is 18.3 Å². The van der Waals surface area contributed by atoms with E-state index in [1.54, 1.807) is 50.5 Å². The first kappa shape index (κ1) is 14.4. The average molecular weight is 284 g/mol. The second-order valence-corrected chi connectivity index (χ2v) is 4.21. The lowest BCUT2D eigenvalue weighted by Crippen LogP contribution is -2.15. The number of carbonyl (C=O) groups is 2. The van der Waals surface area contributed by atoms with E-state index in [4.69, 9.17) is 0 Å². The summed E-state index contributed by atoms with van der Waals surface area (Å²) in [6.45, 7) is 0. The number of anilines is 1. The summed E-state index contributed by atoms with van der Waals surface area (Å²) in [6, 6.07) is 10.2. The third-order valence-electron chi connectivity index (χ3n) is 2.68. The molecule has 106 valence electrons. The van der Waals surface area contributed by atoms with Crippen molar-refractivity contribution in [3.8, 4) is 0 Å². The molecule has 0 aliphatic carbocycles. The van der Waals surface area contributed by atoms with Crippen molar-refractivity contribution in [2.45, 2.75) is 0 Å². The van der Waals surface area contributed by atoms with E-state index in [-0.39, 0.29) is 0 Å². The summed E-state index contributed by atoms with van der Waals surface area (Å²) < 4.78 is 1.52. The van der Waals surface area contributed by atoms with Crippen LogP contribution < -0.4 is 5.01 Å². The van der Waals surface area contributed by atoms with E-state index in [2.05, 4.69) is 15.2 Å². The topological polar surface area (TPSA) is 78.5 Å². The molecular formula is C14H14N5O2+. The Kier molecular flexibility index (Phi) is 4.45. The van der Waals surface area contributed by atoms with Crippen LogP contribution >= 0.6 is 0 Å². The summed E-state index contributed by atoms with van der Waals surface area (Å²) in [6.07, 6.45) is 1.35. The Balaban J connectivity index is 2.28.